The van der Waals surface area contributed by atoms with E-state index in [4.69, 9.17) is 9.47 Å². The van der Waals surface area contributed by atoms with E-state index < -0.39 is 5.97 Å². The molecule has 6 nitrogen and oxygen atoms in total. The second-order valence-electron chi connectivity index (χ2n) is 5.48. The summed E-state index contributed by atoms with van der Waals surface area (Å²) in [4.78, 5) is 24.0. The molecule has 0 aliphatic carbocycles. The Morgan fingerprint density at radius 2 is 1.92 bits per heavy atom. The largest absolute Gasteiger partial charge is 0.496 e. The van der Waals surface area contributed by atoms with Crippen LogP contribution in [0.1, 0.15) is 29.3 Å². The van der Waals surface area contributed by atoms with Crippen LogP contribution >= 0.6 is 0 Å². The van der Waals surface area contributed by atoms with Crippen LogP contribution in [0, 0.1) is 6.92 Å². The number of carbonyl (C=O) groups excluding carboxylic acids is 2. The number of benzene rings is 2. The highest BCUT2D eigenvalue weighted by atomic mass is 16.5. The molecule has 0 unspecified atom stereocenters. The quantitative estimate of drug-likeness (QED) is 0.619. The number of urea groups is 1. The Morgan fingerprint density at radius 3 is 2.64 bits per heavy atom. The molecule has 2 amide bonds. The van der Waals surface area contributed by atoms with Gasteiger partial charge in [0.15, 0.2) is 0 Å². The van der Waals surface area contributed by atoms with Crippen molar-refractivity contribution in [2.45, 2.75) is 20.3 Å². The minimum atomic E-state index is -0.495. The molecule has 2 aromatic carbocycles. The molecule has 2 aromatic rings. The standard InChI is InChI=1S/C19H22N2O4/c1-4-10-20-19(23)21-15-6-5-7-16(12-15)25-18(22)14-9-8-13(2)17(11-14)24-3/h5-9,11-12H,4,10H2,1-3H3,(H2,20,21,23). The van der Waals surface area contributed by atoms with Crippen molar-refractivity contribution >= 4 is 17.7 Å². The van der Waals surface area contributed by atoms with Crippen molar-refractivity contribution in [2.24, 2.45) is 0 Å². The highest BCUT2D eigenvalue weighted by Gasteiger charge is 2.12. The molecular formula is C19H22N2O4. The summed E-state index contributed by atoms with van der Waals surface area (Å²) in [6.07, 6.45) is 0.852. The highest BCUT2D eigenvalue weighted by molar-refractivity contribution is 5.92. The molecule has 2 rings (SSSR count). The maximum Gasteiger partial charge on any atom is 0.343 e. The summed E-state index contributed by atoms with van der Waals surface area (Å²) in [5, 5.41) is 5.41. The third kappa shape index (κ3) is 5.24. The average molecular weight is 342 g/mol. The molecule has 0 atom stereocenters. The van der Waals surface area contributed by atoms with Gasteiger partial charge in [0, 0.05) is 18.3 Å². The molecular weight excluding hydrogens is 320 g/mol. The first-order valence-corrected chi connectivity index (χ1v) is 8.05. The summed E-state index contributed by atoms with van der Waals surface area (Å²) in [6, 6.07) is 11.5. The second kappa shape index (κ2) is 8.73. The third-order valence-electron chi connectivity index (χ3n) is 3.48. The fraction of sp³-hybridized carbons (Fsp3) is 0.263. The molecule has 0 heterocycles. The summed E-state index contributed by atoms with van der Waals surface area (Å²) in [5.74, 6) is 0.473. The van der Waals surface area contributed by atoms with E-state index in [9.17, 15) is 9.59 Å². The molecule has 2 N–H and O–H groups in total. The third-order valence-corrected chi connectivity index (χ3v) is 3.48. The van der Waals surface area contributed by atoms with Gasteiger partial charge in [0.25, 0.3) is 0 Å². The van der Waals surface area contributed by atoms with Gasteiger partial charge in [-0.05, 0) is 43.2 Å². The normalized spacial score (nSPS) is 10.0. The lowest BCUT2D eigenvalue weighted by atomic mass is 10.1. The van der Waals surface area contributed by atoms with E-state index >= 15 is 0 Å². The lowest BCUT2D eigenvalue weighted by Gasteiger charge is -2.10. The van der Waals surface area contributed by atoms with Gasteiger partial charge in [0.1, 0.15) is 11.5 Å². The zero-order chi connectivity index (χ0) is 18.2. The number of carbonyl (C=O) groups is 2. The molecule has 0 spiro atoms. The van der Waals surface area contributed by atoms with Crippen molar-refractivity contribution in [2.75, 3.05) is 19.0 Å². The number of hydrogen-bond donors (Lipinski definition) is 2. The van der Waals surface area contributed by atoms with Crippen LogP contribution in [0.15, 0.2) is 42.5 Å². The van der Waals surface area contributed by atoms with E-state index in [1.807, 2.05) is 13.8 Å². The number of rotatable bonds is 6. The molecule has 25 heavy (non-hydrogen) atoms. The van der Waals surface area contributed by atoms with Crippen LogP contribution in [0.3, 0.4) is 0 Å². The molecule has 6 heteroatoms. The van der Waals surface area contributed by atoms with Crippen molar-refractivity contribution in [1.29, 1.82) is 0 Å². The number of esters is 1. The zero-order valence-corrected chi connectivity index (χ0v) is 14.6. The lowest BCUT2D eigenvalue weighted by Crippen LogP contribution is -2.29. The Balaban J connectivity index is 2.06. The maximum absolute atomic E-state index is 12.3. The predicted molar refractivity (Wildman–Crippen MR) is 96.4 cm³/mol. The summed E-state index contributed by atoms with van der Waals surface area (Å²) in [5.41, 5.74) is 1.87. The van der Waals surface area contributed by atoms with Crippen LogP contribution in [0.25, 0.3) is 0 Å². The van der Waals surface area contributed by atoms with Crippen LogP contribution in [0.5, 0.6) is 11.5 Å². The molecule has 0 aromatic heterocycles. The molecule has 0 aliphatic heterocycles. The Labute approximate surface area is 147 Å². The smallest absolute Gasteiger partial charge is 0.343 e. The topological polar surface area (TPSA) is 76.7 Å². The van der Waals surface area contributed by atoms with E-state index in [-0.39, 0.29) is 6.03 Å². The van der Waals surface area contributed by atoms with Crippen LogP contribution in [-0.2, 0) is 0 Å². The van der Waals surface area contributed by atoms with Gasteiger partial charge in [-0.1, -0.05) is 19.1 Å². The molecule has 132 valence electrons. The van der Waals surface area contributed by atoms with E-state index in [1.54, 1.807) is 49.6 Å². The van der Waals surface area contributed by atoms with Crippen molar-refractivity contribution in [3.05, 3.63) is 53.6 Å². The first kappa shape index (κ1) is 18.3. The van der Waals surface area contributed by atoms with Gasteiger partial charge >= 0.3 is 12.0 Å². The van der Waals surface area contributed by atoms with E-state index in [1.165, 1.54) is 0 Å². The number of methoxy groups -OCH3 is 1. The SMILES string of the molecule is CCCNC(=O)Nc1cccc(OC(=O)c2ccc(C)c(OC)c2)c1. The molecule has 0 saturated heterocycles. The molecule has 0 fully saturated rings. The van der Waals surface area contributed by atoms with Gasteiger partial charge in [0.05, 0.1) is 12.7 Å². The molecule has 0 aliphatic rings. The van der Waals surface area contributed by atoms with Gasteiger partial charge < -0.3 is 20.1 Å². The Bertz CT molecular complexity index is 759. The summed E-state index contributed by atoms with van der Waals surface area (Å²) in [7, 11) is 1.55. The summed E-state index contributed by atoms with van der Waals surface area (Å²) >= 11 is 0. The van der Waals surface area contributed by atoms with Crippen LogP contribution in [0.4, 0.5) is 10.5 Å². The zero-order valence-electron chi connectivity index (χ0n) is 14.6. The number of amides is 2. The lowest BCUT2D eigenvalue weighted by molar-refractivity contribution is 0.0734. The maximum atomic E-state index is 12.3. The first-order valence-electron chi connectivity index (χ1n) is 8.05. The first-order chi connectivity index (χ1) is 12.0. The van der Waals surface area contributed by atoms with Gasteiger partial charge in [-0.2, -0.15) is 0 Å². The fourth-order valence-electron chi connectivity index (χ4n) is 2.16. The number of anilines is 1. The number of ether oxygens (including phenoxy) is 2. The Hall–Kier alpha value is -3.02. The van der Waals surface area contributed by atoms with E-state index in [0.29, 0.717) is 29.3 Å². The second-order valence-corrected chi connectivity index (χ2v) is 5.48. The molecule has 0 bridgehead atoms. The van der Waals surface area contributed by atoms with Crippen molar-refractivity contribution in [1.82, 2.24) is 5.32 Å². The summed E-state index contributed by atoms with van der Waals surface area (Å²) in [6.45, 7) is 4.46. The molecule has 0 radical (unpaired) electrons. The number of nitrogens with one attached hydrogen (secondary N) is 2. The van der Waals surface area contributed by atoms with Crippen molar-refractivity contribution in [3.63, 3.8) is 0 Å². The van der Waals surface area contributed by atoms with Crippen LogP contribution in [-0.4, -0.2) is 25.7 Å². The van der Waals surface area contributed by atoms with Crippen LogP contribution in [0.2, 0.25) is 0 Å². The fourth-order valence-corrected chi connectivity index (χ4v) is 2.16. The monoisotopic (exact) mass is 342 g/mol. The molecule has 0 saturated carbocycles. The number of aryl methyl sites for hydroxylation is 1. The minimum Gasteiger partial charge on any atom is -0.496 e. The summed E-state index contributed by atoms with van der Waals surface area (Å²) < 4.78 is 10.6. The van der Waals surface area contributed by atoms with Gasteiger partial charge in [0.2, 0.25) is 0 Å². The number of hydrogen-bond acceptors (Lipinski definition) is 4. The van der Waals surface area contributed by atoms with E-state index in [2.05, 4.69) is 10.6 Å². The predicted octanol–water partition coefficient (Wildman–Crippen LogP) is 3.75. The Kier molecular flexibility index (Phi) is 6.39. The average Bonchev–Trinajstić information content (AvgIpc) is 2.60. The van der Waals surface area contributed by atoms with Crippen molar-refractivity contribution in [3.8, 4) is 11.5 Å². The van der Waals surface area contributed by atoms with Gasteiger partial charge in [-0.15, -0.1) is 0 Å². The highest BCUT2D eigenvalue weighted by Crippen LogP contribution is 2.22. The van der Waals surface area contributed by atoms with Crippen molar-refractivity contribution < 1.29 is 19.1 Å². The Morgan fingerprint density at radius 1 is 1.12 bits per heavy atom. The minimum absolute atomic E-state index is 0.298. The van der Waals surface area contributed by atoms with Gasteiger partial charge in [-0.25, -0.2) is 9.59 Å². The van der Waals surface area contributed by atoms with Gasteiger partial charge in [-0.3, -0.25) is 0 Å². The van der Waals surface area contributed by atoms with Crippen LogP contribution < -0.4 is 20.1 Å². The van der Waals surface area contributed by atoms with E-state index in [0.717, 1.165) is 12.0 Å².